The average molecular weight is 257 g/mol. The van der Waals surface area contributed by atoms with Gasteiger partial charge >= 0.3 is 0 Å². The average Bonchev–Trinajstić information content (AvgIpc) is 2.28. The molecule has 0 aliphatic carbocycles. The predicted molar refractivity (Wildman–Crippen MR) is 66.8 cm³/mol. The minimum atomic E-state index is -0.446. The Morgan fingerprint density at radius 3 is 2.44 bits per heavy atom. The van der Waals surface area contributed by atoms with E-state index in [0.29, 0.717) is 31.9 Å². The Balaban J connectivity index is 2.39. The van der Waals surface area contributed by atoms with Crippen molar-refractivity contribution in [3.05, 3.63) is 29.6 Å². The van der Waals surface area contributed by atoms with Crippen molar-refractivity contribution < 1.29 is 19.0 Å². The van der Waals surface area contributed by atoms with Crippen molar-refractivity contribution >= 4 is 0 Å². The van der Waals surface area contributed by atoms with Gasteiger partial charge < -0.3 is 19.9 Å². The van der Waals surface area contributed by atoms with E-state index in [1.165, 1.54) is 12.1 Å². The normalized spacial score (nSPS) is 11.1. The molecule has 0 bridgehead atoms. The number of rotatable bonds is 8. The molecule has 0 aliphatic heterocycles. The quantitative estimate of drug-likeness (QED) is 0.700. The highest BCUT2D eigenvalue weighted by Crippen LogP contribution is 2.14. The summed E-state index contributed by atoms with van der Waals surface area (Å²) in [5, 5.41) is 12.4. The van der Waals surface area contributed by atoms with E-state index < -0.39 is 5.82 Å². The molecule has 4 nitrogen and oxygen atoms in total. The van der Waals surface area contributed by atoms with Gasteiger partial charge in [-0.25, -0.2) is 4.39 Å². The molecule has 0 radical (unpaired) electrons. The second-order valence-electron chi connectivity index (χ2n) is 3.79. The van der Waals surface area contributed by atoms with Crippen LogP contribution in [0.4, 0.5) is 4.39 Å². The first kappa shape index (κ1) is 14.9. The molecular weight excluding hydrogens is 237 g/mol. The van der Waals surface area contributed by atoms with Gasteiger partial charge in [-0.05, 0) is 31.5 Å². The van der Waals surface area contributed by atoms with Crippen LogP contribution in [0, 0.1) is 5.82 Å². The van der Waals surface area contributed by atoms with Gasteiger partial charge in [-0.2, -0.15) is 0 Å². The molecule has 18 heavy (non-hydrogen) atoms. The van der Waals surface area contributed by atoms with Crippen molar-refractivity contribution in [3.8, 4) is 5.75 Å². The highest BCUT2D eigenvalue weighted by atomic mass is 19.1. The molecule has 1 aromatic rings. The SMILES string of the molecule is CCOC(CNCc1cc(O)cc(F)c1)OCC. The minimum absolute atomic E-state index is 0.0713. The molecule has 5 heteroatoms. The largest absolute Gasteiger partial charge is 0.508 e. The molecule has 102 valence electrons. The van der Waals surface area contributed by atoms with Gasteiger partial charge in [-0.15, -0.1) is 0 Å². The Hall–Kier alpha value is -1.17. The molecule has 0 aromatic heterocycles. The van der Waals surface area contributed by atoms with Crippen molar-refractivity contribution in [1.82, 2.24) is 5.32 Å². The number of nitrogens with one attached hydrogen (secondary N) is 1. The summed E-state index contributed by atoms with van der Waals surface area (Å²) < 4.78 is 23.7. The maximum absolute atomic E-state index is 13.0. The lowest BCUT2D eigenvalue weighted by atomic mass is 10.2. The molecule has 0 heterocycles. The number of hydrogen-bond acceptors (Lipinski definition) is 4. The van der Waals surface area contributed by atoms with Crippen LogP contribution < -0.4 is 5.32 Å². The van der Waals surface area contributed by atoms with E-state index >= 15 is 0 Å². The van der Waals surface area contributed by atoms with Crippen LogP contribution in [0.5, 0.6) is 5.75 Å². The number of ether oxygens (including phenoxy) is 2. The van der Waals surface area contributed by atoms with Crippen LogP contribution in [0.3, 0.4) is 0 Å². The van der Waals surface area contributed by atoms with Gasteiger partial charge in [0.2, 0.25) is 0 Å². The van der Waals surface area contributed by atoms with Crippen LogP contribution in [0.1, 0.15) is 19.4 Å². The van der Waals surface area contributed by atoms with Gasteiger partial charge in [0.1, 0.15) is 11.6 Å². The number of phenolic OH excluding ortho intramolecular Hbond substituents is 1. The molecule has 0 atom stereocenters. The van der Waals surface area contributed by atoms with Gasteiger partial charge in [0.25, 0.3) is 0 Å². The minimum Gasteiger partial charge on any atom is -0.508 e. The summed E-state index contributed by atoms with van der Waals surface area (Å²) in [5.41, 5.74) is 0.680. The zero-order chi connectivity index (χ0) is 13.4. The van der Waals surface area contributed by atoms with Crippen LogP contribution >= 0.6 is 0 Å². The predicted octanol–water partition coefficient (Wildman–Crippen LogP) is 2.02. The number of aromatic hydroxyl groups is 1. The lowest BCUT2D eigenvalue weighted by molar-refractivity contribution is -0.133. The van der Waals surface area contributed by atoms with Crippen molar-refractivity contribution in [2.45, 2.75) is 26.7 Å². The van der Waals surface area contributed by atoms with E-state index in [-0.39, 0.29) is 12.0 Å². The molecule has 0 unspecified atom stereocenters. The first-order chi connectivity index (χ1) is 8.65. The second kappa shape index (κ2) is 8.02. The van der Waals surface area contributed by atoms with Crippen LogP contribution in [-0.2, 0) is 16.0 Å². The van der Waals surface area contributed by atoms with Crippen LogP contribution in [-0.4, -0.2) is 31.2 Å². The fraction of sp³-hybridized carbons (Fsp3) is 0.538. The van der Waals surface area contributed by atoms with Crippen molar-refractivity contribution in [2.75, 3.05) is 19.8 Å². The Kier molecular flexibility index (Phi) is 6.64. The van der Waals surface area contributed by atoms with E-state index in [9.17, 15) is 9.50 Å². The lowest BCUT2D eigenvalue weighted by Crippen LogP contribution is -2.31. The first-order valence-electron chi connectivity index (χ1n) is 6.08. The maximum atomic E-state index is 13.0. The number of halogens is 1. The Morgan fingerprint density at radius 2 is 1.89 bits per heavy atom. The van der Waals surface area contributed by atoms with E-state index in [4.69, 9.17) is 9.47 Å². The molecule has 1 aromatic carbocycles. The van der Waals surface area contributed by atoms with Gasteiger partial charge in [0, 0.05) is 32.4 Å². The fourth-order valence-corrected chi connectivity index (χ4v) is 1.61. The maximum Gasteiger partial charge on any atom is 0.169 e. The Bertz CT molecular complexity index is 334. The standard InChI is InChI=1S/C13H20FNO3/c1-3-17-13(18-4-2)9-15-8-10-5-11(14)7-12(16)6-10/h5-7,13,15-16H,3-4,8-9H2,1-2H3. The third kappa shape index (κ3) is 5.44. The smallest absolute Gasteiger partial charge is 0.169 e. The third-order valence-electron chi connectivity index (χ3n) is 2.29. The summed E-state index contributed by atoms with van der Waals surface area (Å²) >= 11 is 0. The number of benzene rings is 1. The van der Waals surface area contributed by atoms with E-state index in [1.807, 2.05) is 13.8 Å². The summed E-state index contributed by atoms with van der Waals surface area (Å²) in [6.45, 7) is 5.91. The van der Waals surface area contributed by atoms with Crippen LogP contribution in [0.15, 0.2) is 18.2 Å². The molecule has 0 aliphatic rings. The summed E-state index contributed by atoms with van der Waals surface area (Å²) in [7, 11) is 0. The van der Waals surface area contributed by atoms with Gasteiger partial charge in [-0.1, -0.05) is 0 Å². The van der Waals surface area contributed by atoms with Gasteiger partial charge in [0.15, 0.2) is 6.29 Å². The zero-order valence-electron chi connectivity index (χ0n) is 10.8. The van der Waals surface area contributed by atoms with Crippen LogP contribution in [0.25, 0.3) is 0 Å². The topological polar surface area (TPSA) is 50.7 Å². The second-order valence-corrected chi connectivity index (χ2v) is 3.79. The molecule has 0 saturated heterocycles. The summed E-state index contributed by atoms with van der Waals surface area (Å²) in [5.74, 6) is -0.518. The van der Waals surface area contributed by atoms with Crippen LogP contribution in [0.2, 0.25) is 0 Å². The van der Waals surface area contributed by atoms with Crippen molar-refractivity contribution in [2.24, 2.45) is 0 Å². The van der Waals surface area contributed by atoms with Crippen molar-refractivity contribution in [3.63, 3.8) is 0 Å². The summed E-state index contributed by atoms with van der Waals surface area (Å²) in [6, 6.07) is 3.97. The van der Waals surface area contributed by atoms with Gasteiger partial charge in [-0.3, -0.25) is 0 Å². The highest BCUT2D eigenvalue weighted by molar-refractivity contribution is 5.28. The summed E-state index contributed by atoms with van der Waals surface area (Å²) in [6.07, 6.45) is -0.304. The fourth-order valence-electron chi connectivity index (χ4n) is 1.61. The highest BCUT2D eigenvalue weighted by Gasteiger charge is 2.07. The molecule has 1 rings (SSSR count). The monoisotopic (exact) mass is 257 g/mol. The number of hydrogen-bond donors (Lipinski definition) is 2. The first-order valence-corrected chi connectivity index (χ1v) is 6.08. The molecular formula is C13H20FNO3. The molecule has 2 N–H and O–H groups in total. The van der Waals surface area contributed by atoms with Gasteiger partial charge in [0.05, 0.1) is 0 Å². The van der Waals surface area contributed by atoms with Crippen molar-refractivity contribution in [1.29, 1.82) is 0 Å². The third-order valence-corrected chi connectivity index (χ3v) is 2.29. The van der Waals surface area contributed by atoms with E-state index in [0.717, 1.165) is 6.07 Å². The van der Waals surface area contributed by atoms with E-state index in [1.54, 1.807) is 0 Å². The summed E-state index contributed by atoms with van der Waals surface area (Å²) in [4.78, 5) is 0. The molecule has 0 saturated carbocycles. The molecule has 0 amide bonds. The molecule has 0 fully saturated rings. The molecule has 0 spiro atoms. The Labute approximate surface area is 107 Å². The zero-order valence-corrected chi connectivity index (χ0v) is 10.8. The number of phenols is 1. The van der Waals surface area contributed by atoms with E-state index in [2.05, 4.69) is 5.32 Å². The Morgan fingerprint density at radius 1 is 1.22 bits per heavy atom. The lowest BCUT2D eigenvalue weighted by Gasteiger charge is -2.17.